The highest BCUT2D eigenvalue weighted by molar-refractivity contribution is 5.86. The zero-order chi connectivity index (χ0) is 21.1. The van der Waals surface area contributed by atoms with Crippen LogP contribution >= 0.6 is 0 Å². The molecule has 2 aromatic carbocycles. The molecule has 0 amide bonds. The summed E-state index contributed by atoms with van der Waals surface area (Å²) in [6.07, 6.45) is 13.9. The quantitative estimate of drug-likeness (QED) is 0.512. The number of aliphatic imine (C=N–C) groups is 2. The highest BCUT2D eigenvalue weighted by Gasteiger charge is 2.62. The molecule has 0 N–H and O–H groups in total. The van der Waals surface area contributed by atoms with Crippen LogP contribution in [0.1, 0.15) is 19.3 Å². The molecule has 0 radical (unpaired) electrons. The van der Waals surface area contributed by atoms with E-state index in [1.165, 1.54) is 24.9 Å². The summed E-state index contributed by atoms with van der Waals surface area (Å²) in [4.78, 5) is 14.0. The second-order valence-electron chi connectivity index (χ2n) is 9.17. The third kappa shape index (κ3) is 2.58. The smallest absolute Gasteiger partial charge is 0.225 e. The van der Waals surface area contributed by atoms with Gasteiger partial charge in [0.25, 0.3) is 0 Å². The number of hydrogen-bond donors (Lipinski definition) is 0. The number of aromatic nitrogens is 1. The Hall–Kier alpha value is -3.57. The SMILES string of the molecule is C1=C[N+]2(N(c3ccc4ccc(-c5ccccc5)nc4c3)C3C4CCCC43)C=NC=C2C=N1. The second-order valence-corrected chi connectivity index (χ2v) is 9.17. The van der Waals surface area contributed by atoms with Gasteiger partial charge < -0.3 is 0 Å². The Morgan fingerprint density at radius 3 is 2.62 bits per heavy atom. The number of pyridine rings is 1. The van der Waals surface area contributed by atoms with Crippen LogP contribution in [0.2, 0.25) is 0 Å². The van der Waals surface area contributed by atoms with Gasteiger partial charge in [-0.2, -0.15) is 0 Å². The largest absolute Gasteiger partial charge is 0.253 e. The molecule has 156 valence electrons. The number of benzene rings is 2. The van der Waals surface area contributed by atoms with E-state index in [2.05, 4.69) is 75.8 Å². The van der Waals surface area contributed by atoms with Crippen LogP contribution in [0.15, 0.2) is 94.9 Å². The molecule has 32 heavy (non-hydrogen) atoms. The minimum atomic E-state index is 0.491. The number of fused-ring (bicyclic) bond motifs is 3. The van der Waals surface area contributed by atoms with Crippen LogP contribution in [0, 0.1) is 11.8 Å². The summed E-state index contributed by atoms with van der Waals surface area (Å²) in [5, 5.41) is 3.71. The fourth-order valence-corrected chi connectivity index (χ4v) is 5.88. The third-order valence-corrected chi connectivity index (χ3v) is 7.46. The predicted molar refractivity (Wildman–Crippen MR) is 129 cm³/mol. The van der Waals surface area contributed by atoms with Gasteiger partial charge in [0.1, 0.15) is 0 Å². The van der Waals surface area contributed by atoms with E-state index in [9.17, 15) is 0 Å². The van der Waals surface area contributed by atoms with Crippen molar-refractivity contribution in [1.82, 2.24) is 4.98 Å². The molecule has 3 heterocycles. The minimum absolute atomic E-state index is 0.491. The molecule has 0 saturated heterocycles. The van der Waals surface area contributed by atoms with Crippen molar-refractivity contribution in [3.05, 3.63) is 85.0 Å². The van der Waals surface area contributed by atoms with Crippen molar-refractivity contribution in [3.8, 4) is 11.3 Å². The van der Waals surface area contributed by atoms with Crippen LogP contribution in [0.25, 0.3) is 22.2 Å². The van der Waals surface area contributed by atoms with Crippen LogP contribution in [0.5, 0.6) is 0 Å². The van der Waals surface area contributed by atoms with Crippen LogP contribution in [-0.2, 0) is 0 Å². The Balaban J connectivity index is 1.37. The number of allylic oxidation sites excluding steroid dienone is 1. The van der Waals surface area contributed by atoms with Crippen LogP contribution in [-0.4, -0.2) is 28.2 Å². The third-order valence-electron chi connectivity index (χ3n) is 7.46. The maximum absolute atomic E-state index is 5.04. The zero-order valence-electron chi connectivity index (χ0n) is 17.7. The predicted octanol–water partition coefficient (Wildman–Crippen LogP) is 5.68. The molecule has 0 spiro atoms. The topological polar surface area (TPSA) is 40.9 Å². The van der Waals surface area contributed by atoms with Crippen LogP contribution in [0.3, 0.4) is 0 Å². The average Bonchev–Trinajstić information content (AvgIpc) is 3.20. The van der Waals surface area contributed by atoms with E-state index in [1.807, 2.05) is 31.0 Å². The Morgan fingerprint density at radius 1 is 0.906 bits per heavy atom. The maximum Gasteiger partial charge on any atom is 0.225 e. The molecule has 3 unspecified atom stereocenters. The van der Waals surface area contributed by atoms with Crippen molar-refractivity contribution in [2.75, 3.05) is 5.01 Å². The van der Waals surface area contributed by atoms with Crippen molar-refractivity contribution in [2.45, 2.75) is 25.3 Å². The zero-order valence-corrected chi connectivity index (χ0v) is 17.7. The van der Waals surface area contributed by atoms with E-state index in [1.54, 1.807) is 0 Å². The van der Waals surface area contributed by atoms with Crippen molar-refractivity contribution in [2.24, 2.45) is 21.8 Å². The first-order valence-electron chi connectivity index (χ1n) is 11.4. The van der Waals surface area contributed by atoms with Gasteiger partial charge in [0, 0.05) is 10.9 Å². The van der Waals surface area contributed by atoms with E-state index in [0.717, 1.165) is 39.7 Å². The Kier molecular flexibility index (Phi) is 3.78. The number of hydrogen-bond acceptors (Lipinski definition) is 4. The number of quaternary nitrogens is 1. The molecule has 7 rings (SSSR count). The van der Waals surface area contributed by atoms with Crippen molar-refractivity contribution < 1.29 is 4.59 Å². The first kappa shape index (κ1) is 18.0. The lowest BCUT2D eigenvalue weighted by Gasteiger charge is -2.40. The monoisotopic (exact) mass is 418 g/mol. The molecular formula is C27H24N5+. The molecule has 5 nitrogen and oxygen atoms in total. The highest BCUT2D eigenvalue weighted by Crippen LogP contribution is 2.57. The summed E-state index contributed by atoms with van der Waals surface area (Å²) >= 11 is 0. The van der Waals surface area contributed by atoms with E-state index >= 15 is 0 Å². The van der Waals surface area contributed by atoms with Gasteiger partial charge in [-0.1, -0.05) is 48.9 Å². The van der Waals surface area contributed by atoms with Gasteiger partial charge >= 0.3 is 0 Å². The van der Waals surface area contributed by atoms with Gasteiger partial charge in [0.2, 0.25) is 12.0 Å². The first-order valence-corrected chi connectivity index (χ1v) is 11.4. The standard InChI is InChI=1S/C27H24N5/c1-2-5-19(6-3-1)25-12-10-20-9-11-21(15-26(20)30-25)31(27-23-7-4-8-24(23)27)32-14-13-28-16-22(32)17-29-18-32/h1-3,5-6,9-18,23-24,27H,4,7-8H2/q+1. The fraction of sp³-hybridized carbons (Fsp3) is 0.222. The molecular weight excluding hydrogens is 394 g/mol. The molecule has 3 atom stereocenters. The molecule has 1 aromatic heterocycles. The van der Waals surface area contributed by atoms with Crippen LogP contribution in [0.4, 0.5) is 5.69 Å². The van der Waals surface area contributed by atoms with Crippen LogP contribution < -0.4 is 5.01 Å². The minimum Gasteiger partial charge on any atom is -0.253 e. The lowest BCUT2D eigenvalue weighted by Crippen LogP contribution is -2.57. The first-order chi connectivity index (χ1) is 15.8. The number of rotatable bonds is 4. The lowest BCUT2D eigenvalue weighted by molar-refractivity contribution is -0.744. The van der Waals surface area contributed by atoms with Gasteiger partial charge in [-0.25, -0.2) is 15.0 Å². The van der Waals surface area contributed by atoms with Crippen molar-refractivity contribution in [3.63, 3.8) is 0 Å². The summed E-state index contributed by atoms with van der Waals surface area (Å²) in [6.45, 7) is 0. The summed E-state index contributed by atoms with van der Waals surface area (Å²) in [7, 11) is 0. The molecule has 2 saturated carbocycles. The molecule has 2 fully saturated rings. The molecule has 4 aliphatic rings. The van der Waals surface area contributed by atoms with Gasteiger partial charge in [0.15, 0.2) is 6.20 Å². The lowest BCUT2D eigenvalue weighted by atomic mass is 10.1. The van der Waals surface area contributed by atoms with E-state index in [-0.39, 0.29) is 0 Å². The van der Waals surface area contributed by atoms with Crippen molar-refractivity contribution >= 4 is 29.1 Å². The maximum atomic E-state index is 5.04. The molecule has 0 bridgehead atoms. The van der Waals surface area contributed by atoms with Gasteiger partial charge in [0.05, 0.1) is 41.6 Å². The average molecular weight is 419 g/mol. The summed E-state index contributed by atoms with van der Waals surface area (Å²) in [5.74, 6) is 1.54. The van der Waals surface area contributed by atoms with Crippen molar-refractivity contribution in [1.29, 1.82) is 0 Å². The Labute approximate surface area is 187 Å². The highest BCUT2D eigenvalue weighted by atomic mass is 15.8. The van der Waals surface area contributed by atoms with Gasteiger partial charge in [-0.3, -0.25) is 4.99 Å². The second kappa shape index (κ2) is 6.71. The van der Waals surface area contributed by atoms with E-state index in [0.29, 0.717) is 10.6 Å². The van der Waals surface area contributed by atoms with E-state index in [4.69, 9.17) is 4.98 Å². The van der Waals surface area contributed by atoms with E-state index < -0.39 is 0 Å². The summed E-state index contributed by atoms with van der Waals surface area (Å²) in [5.41, 5.74) is 5.44. The fourth-order valence-electron chi connectivity index (χ4n) is 5.88. The number of anilines is 1. The number of nitrogens with zero attached hydrogens (tertiary/aromatic N) is 5. The Bertz CT molecular complexity index is 1330. The molecule has 3 aromatic rings. The Morgan fingerprint density at radius 2 is 1.75 bits per heavy atom. The summed E-state index contributed by atoms with van der Waals surface area (Å²) < 4.78 is 0.491. The molecule has 2 aliphatic carbocycles. The normalized spacial score (nSPS) is 29.1. The van der Waals surface area contributed by atoms with Gasteiger partial charge in [-0.15, -0.1) is 4.59 Å². The van der Waals surface area contributed by atoms with Gasteiger partial charge in [-0.05, 0) is 42.9 Å². The molecule has 2 aliphatic heterocycles. The molecule has 5 heteroatoms. The summed E-state index contributed by atoms with van der Waals surface area (Å²) in [6, 6.07) is 21.9.